The van der Waals surface area contributed by atoms with Crippen molar-refractivity contribution in [3.63, 3.8) is 0 Å². The Kier molecular flexibility index (Phi) is 6.46. The summed E-state index contributed by atoms with van der Waals surface area (Å²) in [4.78, 5) is 12.5. The van der Waals surface area contributed by atoms with Gasteiger partial charge in [0.25, 0.3) is 5.91 Å². The van der Waals surface area contributed by atoms with Crippen LogP contribution in [-0.2, 0) is 13.3 Å². The Morgan fingerprint density at radius 2 is 1.77 bits per heavy atom. The lowest BCUT2D eigenvalue weighted by atomic mass is 10.2. The van der Waals surface area contributed by atoms with Gasteiger partial charge < -0.3 is 10.1 Å². The molecule has 0 unspecified atom stereocenters. The number of hydrogen-bond acceptors (Lipinski definition) is 4. The van der Waals surface area contributed by atoms with Gasteiger partial charge in [0, 0.05) is 23.5 Å². The Balaban J connectivity index is 1.35. The molecule has 4 aromatic rings. The molecule has 0 bridgehead atoms. The molecule has 0 fully saturated rings. The number of benzene rings is 2. The molecule has 0 atom stereocenters. The second kappa shape index (κ2) is 9.43. The maximum absolute atomic E-state index is 12.5. The van der Waals surface area contributed by atoms with E-state index >= 15 is 0 Å². The van der Waals surface area contributed by atoms with E-state index in [9.17, 15) is 4.79 Å². The summed E-state index contributed by atoms with van der Waals surface area (Å²) in [6.07, 6.45) is 3.41. The third kappa shape index (κ3) is 5.38. The van der Waals surface area contributed by atoms with Crippen LogP contribution in [0.15, 0.2) is 67.0 Å². The van der Waals surface area contributed by atoms with Gasteiger partial charge in [0.05, 0.1) is 11.6 Å². The lowest BCUT2D eigenvalue weighted by Gasteiger charge is -2.08. The maximum Gasteiger partial charge on any atom is 0.277 e. The fourth-order valence-corrected chi connectivity index (χ4v) is 3.36. The van der Waals surface area contributed by atoms with Crippen molar-refractivity contribution in [1.82, 2.24) is 19.6 Å². The van der Waals surface area contributed by atoms with Crippen molar-refractivity contribution < 1.29 is 9.53 Å². The van der Waals surface area contributed by atoms with Gasteiger partial charge in [0.2, 0.25) is 0 Å². The second-order valence-corrected chi connectivity index (χ2v) is 7.77. The van der Waals surface area contributed by atoms with Crippen LogP contribution in [0.3, 0.4) is 0 Å². The van der Waals surface area contributed by atoms with Gasteiger partial charge in [-0.15, -0.1) is 0 Å². The summed E-state index contributed by atoms with van der Waals surface area (Å²) in [7, 11) is 0. The van der Waals surface area contributed by atoms with Gasteiger partial charge in [-0.25, -0.2) is 4.68 Å². The van der Waals surface area contributed by atoms with Gasteiger partial charge >= 0.3 is 0 Å². The smallest absolute Gasteiger partial charge is 0.277 e. The number of rotatable bonds is 7. The van der Waals surface area contributed by atoms with Crippen molar-refractivity contribution in [1.29, 1.82) is 0 Å². The average Bonchev–Trinajstić information content (AvgIpc) is 3.39. The summed E-state index contributed by atoms with van der Waals surface area (Å²) in [6, 6.07) is 15.9. The van der Waals surface area contributed by atoms with Crippen LogP contribution in [0.5, 0.6) is 5.75 Å². The maximum atomic E-state index is 12.5. The van der Waals surface area contributed by atoms with Crippen molar-refractivity contribution in [3.8, 4) is 5.75 Å². The molecule has 0 aliphatic carbocycles. The minimum absolute atomic E-state index is 0.0710. The molecule has 0 aliphatic rings. The zero-order valence-electron chi connectivity index (χ0n) is 16.0. The number of ether oxygens (including phenoxy) is 1. The topological polar surface area (TPSA) is 74.0 Å². The number of carbonyl (C=O) groups excluding carboxylic acids is 1. The largest absolute Gasteiger partial charge is 0.470 e. The molecule has 10 heteroatoms. The summed E-state index contributed by atoms with van der Waals surface area (Å²) < 4.78 is 8.80. The molecule has 0 saturated carbocycles. The number of anilines is 1. The van der Waals surface area contributed by atoms with Crippen LogP contribution in [0.25, 0.3) is 0 Å². The summed E-state index contributed by atoms with van der Waals surface area (Å²) in [5.74, 6) is 0.469. The Morgan fingerprint density at radius 1 is 0.968 bits per heavy atom. The zero-order valence-corrected chi connectivity index (χ0v) is 18.3. The number of hydrogen-bond donors (Lipinski definition) is 1. The molecule has 0 aliphatic heterocycles. The van der Waals surface area contributed by atoms with E-state index in [1.807, 2.05) is 24.3 Å². The Hall–Kier alpha value is -3.00. The fraction of sp³-hybridized carbons (Fsp3) is 0.0952. The molecule has 158 valence electrons. The highest BCUT2D eigenvalue weighted by molar-refractivity contribution is 6.42. The van der Waals surface area contributed by atoms with Gasteiger partial charge in [0.15, 0.2) is 18.2 Å². The Bertz CT molecular complexity index is 1220. The molecule has 1 amide bonds. The molecule has 2 aromatic carbocycles. The molecule has 0 radical (unpaired) electrons. The fourth-order valence-electron chi connectivity index (χ4n) is 2.80. The van der Waals surface area contributed by atoms with Crippen molar-refractivity contribution >= 4 is 46.5 Å². The minimum atomic E-state index is -0.382. The molecule has 4 rings (SSSR count). The van der Waals surface area contributed by atoms with Crippen molar-refractivity contribution in [3.05, 3.63) is 93.3 Å². The van der Waals surface area contributed by atoms with Gasteiger partial charge in [-0.3, -0.25) is 9.48 Å². The van der Waals surface area contributed by atoms with Crippen molar-refractivity contribution in [2.24, 2.45) is 0 Å². The van der Waals surface area contributed by atoms with Crippen molar-refractivity contribution in [2.45, 2.75) is 13.3 Å². The van der Waals surface area contributed by atoms with Crippen molar-refractivity contribution in [2.75, 3.05) is 5.32 Å². The first kappa shape index (κ1) is 21.2. The number of nitrogens with one attached hydrogen (secondary N) is 1. The van der Waals surface area contributed by atoms with E-state index < -0.39 is 0 Å². The third-order valence-electron chi connectivity index (χ3n) is 4.26. The molecule has 2 heterocycles. The van der Waals surface area contributed by atoms with E-state index in [0.717, 1.165) is 5.56 Å². The van der Waals surface area contributed by atoms with Gasteiger partial charge in [0.1, 0.15) is 10.8 Å². The van der Waals surface area contributed by atoms with E-state index in [1.54, 1.807) is 47.4 Å². The van der Waals surface area contributed by atoms with E-state index in [2.05, 4.69) is 15.5 Å². The first-order valence-corrected chi connectivity index (χ1v) is 10.3. The van der Waals surface area contributed by atoms with E-state index in [-0.39, 0.29) is 18.3 Å². The molecule has 0 saturated heterocycles. The van der Waals surface area contributed by atoms with E-state index in [1.165, 1.54) is 4.68 Å². The van der Waals surface area contributed by atoms with Crippen LogP contribution in [-0.4, -0.2) is 25.5 Å². The predicted octanol–water partition coefficient (Wildman–Crippen LogP) is 5.38. The van der Waals surface area contributed by atoms with E-state index in [4.69, 9.17) is 39.5 Å². The Morgan fingerprint density at radius 3 is 2.61 bits per heavy atom. The van der Waals surface area contributed by atoms with Crippen LogP contribution in [0, 0.1) is 0 Å². The van der Waals surface area contributed by atoms with Crippen LogP contribution >= 0.6 is 34.8 Å². The lowest BCUT2D eigenvalue weighted by molar-refractivity contribution is 0.101. The van der Waals surface area contributed by atoms with Gasteiger partial charge in [-0.1, -0.05) is 53.0 Å². The summed E-state index contributed by atoms with van der Waals surface area (Å²) in [5.41, 5.74) is 1.23. The number of aromatic nitrogens is 4. The number of amides is 1. The minimum Gasteiger partial charge on any atom is -0.470 e. The molecule has 2 aromatic heterocycles. The highest BCUT2D eigenvalue weighted by atomic mass is 35.5. The molecule has 0 spiro atoms. The lowest BCUT2D eigenvalue weighted by Crippen LogP contribution is -2.15. The first-order valence-electron chi connectivity index (χ1n) is 9.17. The number of halogens is 3. The molecule has 31 heavy (non-hydrogen) atoms. The molecule has 1 N–H and O–H groups in total. The molecule has 7 nitrogen and oxygen atoms in total. The zero-order chi connectivity index (χ0) is 21.8. The average molecular weight is 477 g/mol. The summed E-state index contributed by atoms with van der Waals surface area (Å²) in [6.45, 7) is 0.607. The third-order valence-corrected chi connectivity index (χ3v) is 5.29. The number of nitrogens with zero attached hydrogens (tertiary/aromatic N) is 4. The van der Waals surface area contributed by atoms with Crippen LogP contribution in [0.1, 0.15) is 16.1 Å². The molecular formula is C21H16Cl3N5O2. The van der Waals surface area contributed by atoms with Crippen LogP contribution in [0.4, 0.5) is 5.82 Å². The van der Waals surface area contributed by atoms with Crippen LogP contribution < -0.4 is 10.1 Å². The Labute approximate surface area is 193 Å². The standard InChI is InChI=1S/C21H16Cl3N5O2/c22-15-4-1-3-14(11-15)12-28-10-8-19(27-28)25-21(30)17-7-9-29(26-17)13-31-18-6-2-5-16(23)20(18)24/h1-11H,12-13H2,(H,25,27,30). The van der Waals surface area contributed by atoms with E-state index in [0.29, 0.717) is 33.2 Å². The highest BCUT2D eigenvalue weighted by Gasteiger charge is 2.12. The highest BCUT2D eigenvalue weighted by Crippen LogP contribution is 2.31. The number of carbonyl (C=O) groups is 1. The van der Waals surface area contributed by atoms with Gasteiger partial charge in [-0.2, -0.15) is 10.2 Å². The quantitative estimate of drug-likeness (QED) is 0.389. The monoisotopic (exact) mass is 475 g/mol. The summed E-state index contributed by atoms with van der Waals surface area (Å²) in [5, 5.41) is 12.7. The predicted molar refractivity (Wildman–Crippen MR) is 120 cm³/mol. The normalized spacial score (nSPS) is 10.8. The summed E-state index contributed by atoms with van der Waals surface area (Å²) >= 11 is 18.1. The van der Waals surface area contributed by atoms with Crippen LogP contribution in [0.2, 0.25) is 15.1 Å². The molecular weight excluding hydrogens is 461 g/mol. The second-order valence-electron chi connectivity index (χ2n) is 6.55. The SMILES string of the molecule is O=C(Nc1ccn(Cc2cccc(Cl)c2)n1)c1ccn(COc2cccc(Cl)c2Cl)n1. The van der Waals surface area contributed by atoms with Gasteiger partial charge in [-0.05, 0) is 35.9 Å². The first-order chi connectivity index (χ1) is 15.0.